The van der Waals surface area contributed by atoms with E-state index in [4.69, 9.17) is 0 Å². The molecule has 0 aliphatic heterocycles. The molecule has 1 fully saturated rings. The molecule has 0 atom stereocenters. The summed E-state index contributed by atoms with van der Waals surface area (Å²) in [5, 5.41) is 29.0. The number of imidazole rings is 1. The normalized spacial score (nSPS) is 15.2. The third-order valence-electron chi connectivity index (χ3n) is 4.18. The van der Waals surface area contributed by atoms with Crippen LogP contribution in [0.5, 0.6) is 0 Å². The standard InChI is InChI=1S/C17H16N6OS/c1-23-16(10-6-7-10)21-22-17(23)25-9-14(24)11(8-18)15-19-12-4-2-3-5-13(12)20-15/h2-5,10,24H,6-7,9H2,1H3,(H,19,20)/b14-11+. The molecule has 0 bridgehead atoms. The number of benzene rings is 1. The van der Waals surface area contributed by atoms with E-state index in [-0.39, 0.29) is 17.1 Å². The van der Waals surface area contributed by atoms with E-state index in [0.29, 0.717) is 11.7 Å². The fourth-order valence-corrected chi connectivity index (χ4v) is 3.48. The van der Waals surface area contributed by atoms with E-state index in [9.17, 15) is 10.4 Å². The number of hydrogen-bond donors (Lipinski definition) is 2. The van der Waals surface area contributed by atoms with Gasteiger partial charge in [0.2, 0.25) is 0 Å². The highest BCUT2D eigenvalue weighted by Crippen LogP contribution is 2.39. The van der Waals surface area contributed by atoms with Crippen LogP contribution in [0.15, 0.2) is 35.2 Å². The summed E-state index contributed by atoms with van der Waals surface area (Å²) in [6, 6.07) is 9.55. The van der Waals surface area contributed by atoms with Crippen molar-refractivity contribution in [3.05, 3.63) is 41.7 Å². The maximum atomic E-state index is 10.4. The number of hydrogen-bond acceptors (Lipinski definition) is 6. The molecule has 25 heavy (non-hydrogen) atoms. The van der Waals surface area contributed by atoms with Crippen LogP contribution in [-0.4, -0.2) is 35.6 Å². The van der Waals surface area contributed by atoms with Gasteiger partial charge in [0.05, 0.1) is 16.8 Å². The Morgan fingerprint density at radius 3 is 2.92 bits per heavy atom. The first-order chi connectivity index (χ1) is 12.2. The minimum Gasteiger partial charge on any atom is -0.510 e. The molecule has 3 aromatic rings. The number of para-hydroxylation sites is 2. The average molecular weight is 352 g/mol. The van der Waals surface area contributed by atoms with Crippen molar-refractivity contribution in [2.75, 3.05) is 5.75 Å². The molecule has 126 valence electrons. The first kappa shape index (κ1) is 15.7. The molecule has 0 amide bonds. The van der Waals surface area contributed by atoms with E-state index < -0.39 is 0 Å². The molecule has 1 aromatic carbocycles. The molecule has 7 nitrogen and oxygen atoms in total. The van der Waals surface area contributed by atoms with Crippen LogP contribution >= 0.6 is 11.8 Å². The highest BCUT2D eigenvalue weighted by molar-refractivity contribution is 7.99. The Morgan fingerprint density at radius 2 is 2.20 bits per heavy atom. The van der Waals surface area contributed by atoms with Crippen LogP contribution in [0.25, 0.3) is 16.6 Å². The number of H-pyrrole nitrogens is 1. The summed E-state index contributed by atoms with van der Waals surface area (Å²) in [6.45, 7) is 0. The van der Waals surface area contributed by atoms with Gasteiger partial charge in [0.15, 0.2) is 11.0 Å². The van der Waals surface area contributed by atoms with Gasteiger partial charge < -0.3 is 14.7 Å². The highest BCUT2D eigenvalue weighted by Gasteiger charge is 2.29. The number of nitrogens with zero attached hydrogens (tertiary/aromatic N) is 5. The van der Waals surface area contributed by atoms with Gasteiger partial charge in [-0.2, -0.15) is 5.26 Å². The third kappa shape index (κ3) is 2.98. The molecule has 0 radical (unpaired) electrons. The molecular weight excluding hydrogens is 336 g/mol. The molecule has 8 heteroatoms. The van der Waals surface area contributed by atoms with Gasteiger partial charge >= 0.3 is 0 Å². The summed E-state index contributed by atoms with van der Waals surface area (Å²) < 4.78 is 1.96. The number of aromatic nitrogens is 5. The SMILES string of the molecule is Cn1c(SC/C(O)=C(/C#N)c2nc3ccccc3[nH]2)nnc1C1CC1. The summed E-state index contributed by atoms with van der Waals surface area (Å²) >= 11 is 1.36. The van der Waals surface area contributed by atoms with Crippen LogP contribution in [0.3, 0.4) is 0 Å². The predicted molar refractivity (Wildman–Crippen MR) is 95.0 cm³/mol. The van der Waals surface area contributed by atoms with Crippen molar-refractivity contribution < 1.29 is 5.11 Å². The summed E-state index contributed by atoms with van der Waals surface area (Å²) in [4.78, 5) is 7.45. The number of allylic oxidation sites excluding steroid dienone is 1. The van der Waals surface area contributed by atoms with Crippen molar-refractivity contribution in [1.82, 2.24) is 24.7 Å². The molecule has 1 aliphatic carbocycles. The zero-order chi connectivity index (χ0) is 17.4. The van der Waals surface area contributed by atoms with E-state index in [1.54, 1.807) is 0 Å². The predicted octanol–water partition coefficient (Wildman–Crippen LogP) is 3.15. The van der Waals surface area contributed by atoms with Crippen molar-refractivity contribution >= 4 is 28.4 Å². The Morgan fingerprint density at radius 1 is 1.40 bits per heavy atom. The van der Waals surface area contributed by atoms with Crippen LogP contribution in [0, 0.1) is 11.3 Å². The number of aliphatic hydroxyl groups excluding tert-OH is 1. The molecule has 2 N–H and O–H groups in total. The molecule has 1 aliphatic rings. The second kappa shape index (κ2) is 6.26. The summed E-state index contributed by atoms with van der Waals surface area (Å²) in [6.07, 6.45) is 2.32. The summed E-state index contributed by atoms with van der Waals surface area (Å²) in [5.41, 5.74) is 1.73. The number of fused-ring (bicyclic) bond motifs is 1. The lowest BCUT2D eigenvalue weighted by Gasteiger charge is -2.04. The van der Waals surface area contributed by atoms with E-state index in [2.05, 4.69) is 20.2 Å². The highest BCUT2D eigenvalue weighted by atomic mass is 32.2. The lowest BCUT2D eigenvalue weighted by molar-refractivity contribution is 0.420. The van der Waals surface area contributed by atoms with E-state index in [1.165, 1.54) is 11.8 Å². The van der Waals surface area contributed by atoms with Gasteiger partial charge in [-0.1, -0.05) is 23.9 Å². The summed E-state index contributed by atoms with van der Waals surface area (Å²) in [5.74, 6) is 2.09. The zero-order valence-corrected chi connectivity index (χ0v) is 14.4. The van der Waals surface area contributed by atoms with Crippen molar-refractivity contribution in [1.29, 1.82) is 5.26 Å². The molecule has 4 rings (SSSR count). The van der Waals surface area contributed by atoms with Gasteiger partial charge in [-0.3, -0.25) is 0 Å². The third-order valence-corrected chi connectivity index (χ3v) is 5.21. The largest absolute Gasteiger partial charge is 0.510 e. The number of nitriles is 1. The van der Waals surface area contributed by atoms with E-state index >= 15 is 0 Å². The number of thioether (sulfide) groups is 1. The maximum Gasteiger partial charge on any atom is 0.191 e. The van der Waals surface area contributed by atoms with Crippen LogP contribution in [0.4, 0.5) is 0 Å². The van der Waals surface area contributed by atoms with E-state index in [0.717, 1.165) is 34.9 Å². The molecule has 2 heterocycles. The van der Waals surface area contributed by atoms with Crippen LogP contribution in [-0.2, 0) is 7.05 Å². The molecule has 1 saturated carbocycles. The van der Waals surface area contributed by atoms with Gasteiger partial charge in [-0.15, -0.1) is 10.2 Å². The van der Waals surface area contributed by atoms with Gasteiger partial charge in [0, 0.05) is 13.0 Å². The lowest BCUT2D eigenvalue weighted by Crippen LogP contribution is -1.99. The Bertz CT molecular complexity index is 975. The van der Waals surface area contributed by atoms with Crippen molar-refractivity contribution in [2.45, 2.75) is 23.9 Å². The first-order valence-corrected chi connectivity index (χ1v) is 8.95. The van der Waals surface area contributed by atoms with Crippen LogP contribution in [0.2, 0.25) is 0 Å². The quantitative estimate of drug-likeness (QED) is 0.415. The molecule has 0 unspecified atom stereocenters. The Kier molecular flexibility index (Phi) is 3.93. The van der Waals surface area contributed by atoms with Crippen LogP contribution in [0.1, 0.15) is 30.4 Å². The molecule has 0 saturated heterocycles. The maximum absolute atomic E-state index is 10.4. The van der Waals surface area contributed by atoms with Crippen molar-refractivity contribution in [3.63, 3.8) is 0 Å². The fourth-order valence-electron chi connectivity index (χ4n) is 2.68. The molecule has 0 spiro atoms. The fraction of sp³-hybridized carbons (Fsp3) is 0.294. The first-order valence-electron chi connectivity index (χ1n) is 7.96. The Hall–Kier alpha value is -2.79. The van der Waals surface area contributed by atoms with E-state index in [1.807, 2.05) is 41.9 Å². The van der Waals surface area contributed by atoms with Crippen molar-refractivity contribution in [3.8, 4) is 6.07 Å². The minimum absolute atomic E-state index is 0.0254. The number of rotatable bonds is 5. The van der Waals surface area contributed by atoms with Crippen LogP contribution < -0.4 is 0 Å². The minimum atomic E-state index is -0.0254. The summed E-state index contributed by atoms with van der Waals surface area (Å²) in [7, 11) is 1.93. The van der Waals surface area contributed by atoms with Gasteiger partial charge in [0.1, 0.15) is 23.2 Å². The van der Waals surface area contributed by atoms with Gasteiger partial charge in [-0.25, -0.2) is 4.98 Å². The topological polar surface area (TPSA) is 103 Å². The van der Waals surface area contributed by atoms with Crippen molar-refractivity contribution in [2.24, 2.45) is 7.05 Å². The number of aromatic amines is 1. The molecule has 2 aromatic heterocycles. The average Bonchev–Trinajstić information content (AvgIpc) is 3.26. The monoisotopic (exact) mass is 352 g/mol. The van der Waals surface area contributed by atoms with Gasteiger partial charge in [0.25, 0.3) is 0 Å². The number of nitrogens with one attached hydrogen (secondary N) is 1. The number of aliphatic hydroxyl groups is 1. The second-order valence-electron chi connectivity index (χ2n) is 6.00. The lowest BCUT2D eigenvalue weighted by atomic mass is 10.2. The Balaban J connectivity index is 1.56. The smallest absolute Gasteiger partial charge is 0.191 e. The Labute approximate surface area is 148 Å². The second-order valence-corrected chi connectivity index (χ2v) is 6.94. The van der Waals surface area contributed by atoms with Gasteiger partial charge in [-0.05, 0) is 25.0 Å². The molecular formula is C17H16N6OS. The zero-order valence-electron chi connectivity index (χ0n) is 13.6.